The van der Waals surface area contributed by atoms with Gasteiger partial charge in [-0.15, -0.1) is 0 Å². The van der Waals surface area contributed by atoms with E-state index in [-0.39, 0.29) is 17.1 Å². The molecule has 0 rings (SSSR count). The molecule has 0 aromatic rings. The summed E-state index contributed by atoms with van der Waals surface area (Å²) in [6.07, 6.45) is 0. The van der Waals surface area contributed by atoms with Gasteiger partial charge in [0.05, 0.1) is 10.2 Å². The van der Waals surface area contributed by atoms with Crippen molar-refractivity contribution in [1.29, 1.82) is 0 Å². The van der Waals surface area contributed by atoms with Crippen LogP contribution in [0.15, 0.2) is 0 Å². The number of carbonyl (C=O) groups is 1. The Kier molecular flexibility index (Phi) is 27.8. The zero-order chi connectivity index (χ0) is 12.1. The maximum Gasteiger partial charge on any atom is 2.00 e. The Labute approximate surface area is 92.0 Å². The number of carbonyl (C=O) groups excluding carboxylic acids is 1. The van der Waals surface area contributed by atoms with Gasteiger partial charge >= 0.3 is 23.1 Å². The molecular formula is CH6CuN6O7. The summed E-state index contributed by atoms with van der Waals surface area (Å²) in [7, 11) is 0. The average molecular weight is 278 g/mol. The standard InChI is InChI=1S/CH6N4O.Cu.2NO3/c2-4-1(6)5-3;;2*2-1(3)4/h2-3H2,(H2,4,5,6);;;/q;+2;2*-1. The molecule has 0 aliphatic rings. The van der Waals surface area contributed by atoms with E-state index in [1.807, 2.05) is 0 Å². The number of amides is 2. The second-order valence-electron chi connectivity index (χ2n) is 1.07. The third-order valence-corrected chi connectivity index (χ3v) is 0.262. The molecule has 0 aliphatic heterocycles. The van der Waals surface area contributed by atoms with Crippen molar-refractivity contribution in [2.45, 2.75) is 0 Å². The van der Waals surface area contributed by atoms with E-state index in [2.05, 4.69) is 11.7 Å². The van der Waals surface area contributed by atoms with Gasteiger partial charge in [0.1, 0.15) is 0 Å². The van der Waals surface area contributed by atoms with Gasteiger partial charge in [-0.05, 0) is 0 Å². The minimum absolute atomic E-state index is 0. The minimum Gasteiger partial charge on any atom is -0.356 e. The van der Waals surface area contributed by atoms with Crippen molar-refractivity contribution in [1.82, 2.24) is 10.9 Å². The maximum absolute atomic E-state index is 9.71. The Morgan fingerprint density at radius 3 is 1.07 bits per heavy atom. The van der Waals surface area contributed by atoms with Crippen LogP contribution in [0, 0.1) is 30.6 Å². The van der Waals surface area contributed by atoms with E-state index in [1.54, 1.807) is 10.9 Å². The fourth-order valence-electron chi connectivity index (χ4n) is 0.0417. The van der Waals surface area contributed by atoms with Crippen LogP contribution < -0.4 is 22.5 Å². The average Bonchev–Trinajstić information content (AvgIpc) is 2.01. The van der Waals surface area contributed by atoms with Gasteiger partial charge in [-0.2, -0.15) is 0 Å². The molecule has 15 heavy (non-hydrogen) atoms. The predicted molar refractivity (Wildman–Crippen MR) is 40.8 cm³/mol. The third kappa shape index (κ3) is 278. The summed E-state index contributed by atoms with van der Waals surface area (Å²) in [6, 6.07) is -0.602. The first kappa shape index (κ1) is 23.2. The van der Waals surface area contributed by atoms with Crippen LogP contribution in [0.5, 0.6) is 0 Å². The number of hydrogen-bond donors (Lipinski definition) is 4. The molecule has 0 spiro atoms. The van der Waals surface area contributed by atoms with Crippen LogP contribution in [0.1, 0.15) is 0 Å². The normalized spacial score (nSPS) is 6.00. The number of nitrogens with zero attached hydrogens (tertiary/aromatic N) is 2. The van der Waals surface area contributed by atoms with Gasteiger partial charge in [-0.25, -0.2) is 16.5 Å². The van der Waals surface area contributed by atoms with Crippen LogP contribution in [0.3, 0.4) is 0 Å². The summed E-state index contributed by atoms with van der Waals surface area (Å²) in [5, 5.41) is 29.5. The van der Waals surface area contributed by atoms with Crippen molar-refractivity contribution in [3.8, 4) is 0 Å². The largest absolute Gasteiger partial charge is 2.00 e. The fraction of sp³-hybridized carbons (Fsp3) is 0. The van der Waals surface area contributed by atoms with Crippen LogP contribution in [0.25, 0.3) is 0 Å². The molecule has 6 N–H and O–H groups in total. The van der Waals surface area contributed by atoms with Crippen molar-refractivity contribution in [3.05, 3.63) is 30.6 Å². The zero-order valence-corrected chi connectivity index (χ0v) is 7.65. The van der Waals surface area contributed by atoms with E-state index >= 15 is 0 Å². The van der Waals surface area contributed by atoms with Crippen molar-refractivity contribution in [2.24, 2.45) is 11.7 Å². The van der Waals surface area contributed by atoms with Gasteiger partial charge in [-0.3, -0.25) is 10.9 Å². The topological polar surface area (TPSA) is 226 Å². The summed E-state index contributed by atoms with van der Waals surface area (Å²) < 4.78 is 0. The molecule has 0 unspecified atom stereocenters. The van der Waals surface area contributed by atoms with E-state index in [1.165, 1.54) is 0 Å². The summed E-state index contributed by atoms with van der Waals surface area (Å²) in [5.74, 6) is 9.08. The van der Waals surface area contributed by atoms with Crippen molar-refractivity contribution >= 4 is 6.03 Å². The molecule has 93 valence electrons. The molecule has 0 bridgehead atoms. The Balaban J connectivity index is -0.0000000606. The zero-order valence-electron chi connectivity index (χ0n) is 6.71. The molecule has 2 amide bonds. The van der Waals surface area contributed by atoms with Crippen LogP contribution >= 0.6 is 0 Å². The fourth-order valence-corrected chi connectivity index (χ4v) is 0.0417. The molecule has 0 aromatic heterocycles. The van der Waals surface area contributed by atoms with E-state index in [4.69, 9.17) is 30.6 Å². The van der Waals surface area contributed by atoms with E-state index in [0.29, 0.717) is 0 Å². The molecule has 0 fully saturated rings. The first-order valence-electron chi connectivity index (χ1n) is 2.38. The van der Waals surface area contributed by atoms with Gasteiger partial charge in [0.2, 0.25) is 0 Å². The van der Waals surface area contributed by atoms with Gasteiger partial charge in [0, 0.05) is 0 Å². The summed E-state index contributed by atoms with van der Waals surface area (Å²) in [4.78, 5) is 26.2. The first-order valence-corrected chi connectivity index (χ1v) is 2.38. The van der Waals surface area contributed by atoms with Crippen LogP contribution in [-0.4, -0.2) is 16.2 Å². The monoisotopic (exact) mass is 277 g/mol. The van der Waals surface area contributed by atoms with E-state index < -0.39 is 16.2 Å². The SMILES string of the molecule is NNC(=O)NN.O=[N+]([O-])[O-].O=[N+]([O-])[O-].[Cu+2]. The molecule has 0 aromatic carbocycles. The number of nitrogens with one attached hydrogen (secondary N) is 2. The molecule has 0 saturated carbocycles. The molecule has 13 nitrogen and oxygen atoms in total. The number of rotatable bonds is 0. The van der Waals surface area contributed by atoms with Crippen LogP contribution in [-0.2, 0) is 17.1 Å². The minimum atomic E-state index is -1.75. The van der Waals surface area contributed by atoms with Crippen LogP contribution in [0.4, 0.5) is 4.79 Å². The number of urea groups is 1. The third-order valence-electron chi connectivity index (χ3n) is 0.262. The van der Waals surface area contributed by atoms with E-state index in [0.717, 1.165) is 0 Å². The Morgan fingerprint density at radius 2 is 1.07 bits per heavy atom. The van der Waals surface area contributed by atoms with Crippen LogP contribution in [0.2, 0.25) is 0 Å². The second-order valence-corrected chi connectivity index (χ2v) is 1.07. The number of hydrazine groups is 2. The molecular weight excluding hydrogens is 272 g/mol. The van der Waals surface area contributed by atoms with Crippen molar-refractivity contribution in [2.75, 3.05) is 0 Å². The van der Waals surface area contributed by atoms with E-state index in [9.17, 15) is 4.79 Å². The molecule has 1 radical (unpaired) electrons. The maximum atomic E-state index is 9.71. The Hall–Kier alpha value is -1.89. The summed E-state index contributed by atoms with van der Waals surface area (Å²) in [5.41, 5.74) is 3.48. The second kappa shape index (κ2) is 18.0. The van der Waals surface area contributed by atoms with Gasteiger partial charge in [0.25, 0.3) is 0 Å². The molecule has 14 heteroatoms. The van der Waals surface area contributed by atoms with Crippen molar-refractivity contribution < 1.29 is 32.0 Å². The molecule has 0 atom stereocenters. The number of nitrogens with two attached hydrogens (primary N) is 2. The summed E-state index contributed by atoms with van der Waals surface area (Å²) in [6.45, 7) is 0. The Morgan fingerprint density at radius 1 is 0.933 bits per heavy atom. The quantitative estimate of drug-likeness (QED) is 0.121. The molecule has 0 aliphatic carbocycles. The number of hydrogen-bond acceptors (Lipinski definition) is 9. The first-order chi connectivity index (χ1) is 6.27. The molecule has 0 saturated heterocycles. The predicted octanol–water partition coefficient (Wildman–Crippen LogP) is -2.45. The molecule has 0 heterocycles. The Bertz CT molecular complexity index is 158. The summed E-state index contributed by atoms with van der Waals surface area (Å²) >= 11 is 0. The van der Waals surface area contributed by atoms with Gasteiger partial charge in [-0.1, -0.05) is 0 Å². The van der Waals surface area contributed by atoms with Crippen molar-refractivity contribution in [3.63, 3.8) is 0 Å². The van der Waals surface area contributed by atoms with Gasteiger partial charge in [0.15, 0.2) is 0 Å². The smallest absolute Gasteiger partial charge is 0.356 e. The van der Waals surface area contributed by atoms with Gasteiger partial charge < -0.3 is 30.6 Å².